The summed E-state index contributed by atoms with van der Waals surface area (Å²) in [5.74, 6) is 0.0828. The van der Waals surface area contributed by atoms with Gasteiger partial charge in [-0.2, -0.15) is 0 Å². The van der Waals surface area contributed by atoms with Crippen LogP contribution < -0.4 is 15.1 Å². The lowest BCUT2D eigenvalue weighted by atomic mass is 10.1. The lowest BCUT2D eigenvalue weighted by Crippen LogP contribution is -2.49. The highest BCUT2D eigenvalue weighted by molar-refractivity contribution is 6.06. The number of hydrogen-bond donors (Lipinski definition) is 1. The molecule has 3 heterocycles. The smallest absolute Gasteiger partial charge is 0.254 e. The number of amides is 2. The summed E-state index contributed by atoms with van der Waals surface area (Å²) in [5, 5.41) is 3.00. The number of hydrogen-bond acceptors (Lipinski definition) is 4. The maximum Gasteiger partial charge on any atom is 0.254 e. The van der Waals surface area contributed by atoms with E-state index in [0.29, 0.717) is 18.7 Å². The van der Waals surface area contributed by atoms with Crippen molar-refractivity contribution >= 4 is 28.9 Å². The molecule has 28 heavy (non-hydrogen) atoms. The summed E-state index contributed by atoms with van der Waals surface area (Å²) in [6.45, 7) is 3.95. The molecule has 3 aliphatic heterocycles. The molecular weight excluding hydrogens is 352 g/mol. The summed E-state index contributed by atoms with van der Waals surface area (Å²) in [5.41, 5.74) is 3.64. The van der Waals surface area contributed by atoms with Gasteiger partial charge in [0.15, 0.2) is 0 Å². The van der Waals surface area contributed by atoms with Gasteiger partial charge in [0.1, 0.15) is 6.04 Å². The maximum absolute atomic E-state index is 13.0. The number of anilines is 3. The van der Waals surface area contributed by atoms with Gasteiger partial charge in [0.25, 0.3) is 5.91 Å². The van der Waals surface area contributed by atoms with Gasteiger partial charge in [-0.3, -0.25) is 9.59 Å². The fraction of sp³-hybridized carbons (Fsp3) is 0.364. The van der Waals surface area contributed by atoms with Gasteiger partial charge in [0.2, 0.25) is 5.91 Å². The number of rotatable bonds is 2. The number of fused-ring (bicyclic) bond motifs is 3. The van der Waals surface area contributed by atoms with Crippen LogP contribution in [-0.4, -0.2) is 55.5 Å². The Labute approximate surface area is 164 Å². The van der Waals surface area contributed by atoms with Crippen LogP contribution in [0.2, 0.25) is 0 Å². The van der Waals surface area contributed by atoms with Crippen LogP contribution in [0.25, 0.3) is 0 Å². The number of para-hydroxylation sites is 1. The first-order valence-electron chi connectivity index (χ1n) is 10.0. The van der Waals surface area contributed by atoms with Crippen LogP contribution in [0.5, 0.6) is 0 Å². The highest BCUT2D eigenvalue weighted by Crippen LogP contribution is 2.37. The summed E-state index contributed by atoms with van der Waals surface area (Å²) >= 11 is 0. The first kappa shape index (κ1) is 17.1. The lowest BCUT2D eigenvalue weighted by Gasteiger charge is -2.36. The number of benzene rings is 2. The second-order valence-corrected chi connectivity index (χ2v) is 7.69. The van der Waals surface area contributed by atoms with Gasteiger partial charge in [-0.05, 0) is 43.2 Å². The van der Waals surface area contributed by atoms with Gasteiger partial charge in [-0.15, -0.1) is 0 Å². The van der Waals surface area contributed by atoms with Crippen molar-refractivity contribution in [2.45, 2.75) is 18.9 Å². The highest BCUT2D eigenvalue weighted by atomic mass is 16.2. The molecule has 2 aromatic rings. The largest absolute Gasteiger partial charge is 0.368 e. The van der Waals surface area contributed by atoms with Crippen molar-refractivity contribution in [3.8, 4) is 0 Å². The van der Waals surface area contributed by atoms with Crippen LogP contribution in [0, 0.1) is 0 Å². The Balaban J connectivity index is 1.30. The van der Waals surface area contributed by atoms with E-state index in [0.717, 1.165) is 43.9 Å². The molecule has 0 saturated carbocycles. The Morgan fingerprint density at radius 1 is 0.964 bits per heavy atom. The maximum atomic E-state index is 13.0. The SMILES string of the molecule is O=C1Nc2cc(C(=O)N3CCN(c4ccccc4)CC3)ccc2N2CCC[C@H]12. The molecule has 2 saturated heterocycles. The zero-order valence-corrected chi connectivity index (χ0v) is 15.8. The second-order valence-electron chi connectivity index (χ2n) is 7.69. The number of carbonyl (C=O) groups is 2. The van der Waals surface area contributed by atoms with E-state index in [9.17, 15) is 9.59 Å². The molecule has 6 heteroatoms. The molecule has 0 aliphatic carbocycles. The van der Waals surface area contributed by atoms with Crippen LogP contribution in [0.3, 0.4) is 0 Å². The zero-order chi connectivity index (χ0) is 19.1. The molecule has 5 rings (SSSR count). The number of nitrogens with one attached hydrogen (secondary N) is 1. The van der Waals surface area contributed by atoms with Gasteiger partial charge in [0.05, 0.1) is 11.4 Å². The van der Waals surface area contributed by atoms with E-state index in [1.165, 1.54) is 5.69 Å². The standard InChI is InChI=1S/C22H24N4O2/c27-21-20-7-4-10-26(20)19-9-8-16(15-18(19)23-21)22(28)25-13-11-24(12-14-25)17-5-2-1-3-6-17/h1-3,5-6,8-9,15,20H,4,7,10-14H2,(H,23,27)/t20-/m1/s1. The minimum atomic E-state index is -0.0554. The third-order valence-electron chi connectivity index (χ3n) is 6.05. The first-order valence-corrected chi connectivity index (χ1v) is 10.0. The summed E-state index contributed by atoms with van der Waals surface area (Å²) in [7, 11) is 0. The van der Waals surface area contributed by atoms with Crippen molar-refractivity contribution in [3.63, 3.8) is 0 Å². The number of carbonyl (C=O) groups excluding carboxylic acids is 2. The highest BCUT2D eigenvalue weighted by Gasteiger charge is 2.36. The topological polar surface area (TPSA) is 55.9 Å². The predicted octanol–water partition coefficient (Wildman–Crippen LogP) is 2.57. The van der Waals surface area contributed by atoms with Crippen molar-refractivity contribution in [2.75, 3.05) is 47.8 Å². The Kier molecular flexibility index (Phi) is 4.19. The van der Waals surface area contributed by atoms with E-state index in [4.69, 9.17) is 0 Å². The van der Waals surface area contributed by atoms with Gasteiger partial charge in [0, 0.05) is 44.0 Å². The molecule has 2 amide bonds. The van der Waals surface area contributed by atoms with E-state index in [-0.39, 0.29) is 17.9 Å². The van der Waals surface area contributed by atoms with E-state index in [1.54, 1.807) is 0 Å². The predicted molar refractivity (Wildman–Crippen MR) is 110 cm³/mol. The fourth-order valence-corrected chi connectivity index (χ4v) is 4.55. The number of nitrogens with zero attached hydrogens (tertiary/aromatic N) is 3. The minimum absolute atomic E-state index is 0.0355. The fourth-order valence-electron chi connectivity index (χ4n) is 4.55. The molecule has 1 atom stereocenters. The minimum Gasteiger partial charge on any atom is -0.368 e. The Morgan fingerprint density at radius 3 is 2.54 bits per heavy atom. The molecule has 0 bridgehead atoms. The molecule has 3 aliphatic rings. The Morgan fingerprint density at radius 2 is 1.75 bits per heavy atom. The molecule has 1 N–H and O–H groups in total. The second kappa shape index (κ2) is 6.86. The van der Waals surface area contributed by atoms with Crippen LogP contribution in [0.15, 0.2) is 48.5 Å². The molecule has 0 spiro atoms. The van der Waals surface area contributed by atoms with Crippen molar-refractivity contribution in [3.05, 3.63) is 54.1 Å². The van der Waals surface area contributed by atoms with Crippen LogP contribution in [-0.2, 0) is 4.79 Å². The molecule has 144 valence electrons. The lowest BCUT2D eigenvalue weighted by molar-refractivity contribution is -0.117. The molecule has 0 radical (unpaired) electrons. The summed E-state index contributed by atoms with van der Waals surface area (Å²) < 4.78 is 0. The van der Waals surface area contributed by atoms with Crippen molar-refractivity contribution in [1.29, 1.82) is 0 Å². The molecule has 0 unspecified atom stereocenters. The third-order valence-corrected chi connectivity index (χ3v) is 6.05. The number of piperazine rings is 1. The van der Waals surface area contributed by atoms with Crippen molar-refractivity contribution in [1.82, 2.24) is 4.90 Å². The average molecular weight is 376 g/mol. The van der Waals surface area contributed by atoms with Crippen molar-refractivity contribution in [2.24, 2.45) is 0 Å². The molecule has 2 fully saturated rings. The normalized spacial score (nSPS) is 21.2. The van der Waals surface area contributed by atoms with Crippen LogP contribution >= 0.6 is 0 Å². The Bertz CT molecular complexity index is 906. The van der Waals surface area contributed by atoms with Crippen LogP contribution in [0.1, 0.15) is 23.2 Å². The van der Waals surface area contributed by atoms with Crippen molar-refractivity contribution < 1.29 is 9.59 Å². The van der Waals surface area contributed by atoms with Gasteiger partial charge >= 0.3 is 0 Å². The zero-order valence-electron chi connectivity index (χ0n) is 15.8. The first-order chi connectivity index (χ1) is 13.7. The van der Waals surface area contributed by atoms with Crippen LogP contribution in [0.4, 0.5) is 17.1 Å². The van der Waals surface area contributed by atoms with E-state index >= 15 is 0 Å². The van der Waals surface area contributed by atoms with Gasteiger partial charge in [-0.25, -0.2) is 0 Å². The quantitative estimate of drug-likeness (QED) is 0.875. The van der Waals surface area contributed by atoms with Gasteiger partial charge < -0.3 is 20.0 Å². The monoisotopic (exact) mass is 376 g/mol. The Hall–Kier alpha value is -3.02. The average Bonchev–Trinajstić information content (AvgIpc) is 3.25. The third kappa shape index (κ3) is 2.89. The summed E-state index contributed by atoms with van der Waals surface area (Å²) in [6, 6.07) is 16.0. The molecule has 0 aromatic heterocycles. The van der Waals surface area contributed by atoms with E-state index in [1.807, 2.05) is 41.3 Å². The van der Waals surface area contributed by atoms with E-state index in [2.05, 4.69) is 27.2 Å². The summed E-state index contributed by atoms with van der Waals surface area (Å²) in [6.07, 6.45) is 1.93. The molecular formula is C22H24N4O2. The molecule has 2 aromatic carbocycles. The molecule has 6 nitrogen and oxygen atoms in total. The summed E-state index contributed by atoms with van der Waals surface area (Å²) in [4.78, 5) is 31.7. The van der Waals surface area contributed by atoms with E-state index < -0.39 is 0 Å². The van der Waals surface area contributed by atoms with Gasteiger partial charge in [-0.1, -0.05) is 18.2 Å².